The van der Waals surface area contributed by atoms with E-state index in [9.17, 15) is 14.7 Å². The van der Waals surface area contributed by atoms with Crippen molar-refractivity contribution >= 4 is 11.8 Å². The number of ketones is 1. The van der Waals surface area contributed by atoms with Gasteiger partial charge in [0.25, 0.3) is 0 Å². The molecule has 4 nitrogen and oxygen atoms in total. The molecule has 3 atom stereocenters. The van der Waals surface area contributed by atoms with Gasteiger partial charge in [0.2, 0.25) is 0 Å². The van der Waals surface area contributed by atoms with E-state index >= 15 is 0 Å². The molecule has 1 N–H and O–H groups in total. The zero-order chi connectivity index (χ0) is 43.2. The molecule has 0 bridgehead atoms. The Morgan fingerprint density at radius 2 is 1.12 bits per heavy atom. The number of unbranched alkanes of at least 4 members (excludes halogenated alkanes) is 10. The van der Waals surface area contributed by atoms with Gasteiger partial charge in [-0.1, -0.05) is 213 Å². The Morgan fingerprint density at radius 1 is 0.638 bits per heavy atom. The zero-order valence-electron chi connectivity index (χ0n) is 38.7. The second-order valence-electron chi connectivity index (χ2n) is 18.9. The van der Waals surface area contributed by atoms with Crippen LogP contribution < -0.4 is 0 Å². The number of carbonyl (C=O) groups is 2. The normalized spacial score (nSPS) is 23.5. The Bertz CT molecular complexity index is 1630. The third-order valence-electron chi connectivity index (χ3n) is 12.4. The minimum atomic E-state index is -0.585. The molecule has 0 unspecified atom stereocenters. The maximum Gasteiger partial charge on any atom is 0.306 e. The number of aliphatic hydroxyl groups is 1. The molecule has 4 heteroatoms. The van der Waals surface area contributed by atoms with Gasteiger partial charge < -0.3 is 9.84 Å². The van der Waals surface area contributed by atoms with Crippen LogP contribution in [0.5, 0.6) is 0 Å². The molecule has 0 aromatic heterocycles. The van der Waals surface area contributed by atoms with E-state index < -0.39 is 5.41 Å². The molecular formula is C54H82O4. The fraction of sp³-hybridized carbons (Fsp3) is 0.593. The Morgan fingerprint density at radius 3 is 1.66 bits per heavy atom. The van der Waals surface area contributed by atoms with Crippen LogP contribution in [0.4, 0.5) is 0 Å². The molecule has 1 saturated carbocycles. The molecule has 0 heterocycles. The van der Waals surface area contributed by atoms with Crippen LogP contribution in [0.3, 0.4) is 0 Å². The molecule has 0 spiro atoms. The molecule has 1 fully saturated rings. The summed E-state index contributed by atoms with van der Waals surface area (Å²) in [5.41, 5.74) is 6.21. The Labute approximate surface area is 355 Å². The first-order valence-corrected chi connectivity index (χ1v) is 22.6. The van der Waals surface area contributed by atoms with Crippen molar-refractivity contribution in [3.63, 3.8) is 0 Å². The van der Waals surface area contributed by atoms with Crippen LogP contribution in [0.2, 0.25) is 0 Å². The van der Waals surface area contributed by atoms with E-state index in [0.717, 1.165) is 42.4 Å². The number of rotatable bonds is 24. The standard InChI is InChI=1S/C54H82O4/c1-12-13-14-15-16-17-18-19-20-21-22-33-51(57)58-48-40-53(9,10)54(11,41-48)50(56)37-35-45(5)32-26-30-43(3)28-24-23-27-42(2)29-25-31-44(4)34-36-49-46(6)38-47(55)39-52(49,7)8/h23-32,34-37,47-48,55H,12-22,33,38-41H2,1-11H3/b24-23+,29-25+,30-26+,36-34+,37-35+,42-27+,43-28+,44-31+,45-32+/t47-,48+,54+/m1/s1. The summed E-state index contributed by atoms with van der Waals surface area (Å²) in [6.45, 7) is 23.4. The molecule has 58 heavy (non-hydrogen) atoms. The molecule has 2 aliphatic carbocycles. The van der Waals surface area contributed by atoms with Crippen molar-refractivity contribution < 1.29 is 19.4 Å². The summed E-state index contributed by atoms with van der Waals surface area (Å²) in [5, 5.41) is 10.2. The SMILES string of the molecule is CCCCCCCCCCCCCC(=O)O[C@H]1CC(C)(C)[C@](C)(C(=O)/C=C/C(C)=C/C=C/C(C)=C/C=C/C=C(C)/C=C/C=C(C)/C=C/C2=C(C)C[C@@H](O)CC2(C)C)C1. The summed E-state index contributed by atoms with van der Waals surface area (Å²) in [6.07, 6.45) is 45.3. The number of carbonyl (C=O) groups excluding carboxylic acids is 2. The number of aliphatic hydroxyl groups excluding tert-OH is 1. The van der Waals surface area contributed by atoms with Gasteiger partial charge in [0.15, 0.2) is 5.78 Å². The van der Waals surface area contributed by atoms with Gasteiger partial charge in [0.05, 0.1) is 6.10 Å². The van der Waals surface area contributed by atoms with E-state index in [1.54, 1.807) is 6.08 Å². The van der Waals surface area contributed by atoms with E-state index in [1.807, 2.05) is 44.2 Å². The van der Waals surface area contributed by atoms with Crippen LogP contribution in [0.25, 0.3) is 0 Å². The largest absolute Gasteiger partial charge is 0.462 e. The van der Waals surface area contributed by atoms with Crippen LogP contribution in [-0.2, 0) is 14.3 Å². The Kier molecular flexibility index (Phi) is 22.6. The van der Waals surface area contributed by atoms with Crippen molar-refractivity contribution in [2.75, 3.05) is 0 Å². The highest BCUT2D eigenvalue weighted by atomic mass is 16.5. The van der Waals surface area contributed by atoms with Gasteiger partial charge in [0.1, 0.15) is 6.10 Å². The van der Waals surface area contributed by atoms with Gasteiger partial charge in [-0.15, -0.1) is 0 Å². The first kappa shape index (κ1) is 50.6. The van der Waals surface area contributed by atoms with Crippen molar-refractivity contribution in [1.29, 1.82) is 0 Å². The molecule has 322 valence electrons. The number of ether oxygens (including phenoxy) is 1. The van der Waals surface area contributed by atoms with Gasteiger partial charge in [-0.2, -0.15) is 0 Å². The fourth-order valence-electron chi connectivity index (χ4n) is 8.42. The predicted octanol–water partition coefficient (Wildman–Crippen LogP) is 15.1. The molecular weight excluding hydrogens is 713 g/mol. The summed E-state index contributed by atoms with van der Waals surface area (Å²) < 4.78 is 5.93. The maximum atomic E-state index is 13.6. The molecule has 0 aliphatic heterocycles. The fourth-order valence-corrected chi connectivity index (χ4v) is 8.42. The quantitative estimate of drug-likeness (QED) is 0.0457. The minimum absolute atomic E-state index is 0.0132. The van der Waals surface area contributed by atoms with E-state index in [0.29, 0.717) is 19.3 Å². The van der Waals surface area contributed by atoms with Gasteiger partial charge >= 0.3 is 5.97 Å². The monoisotopic (exact) mass is 795 g/mol. The first-order valence-electron chi connectivity index (χ1n) is 22.6. The lowest BCUT2D eigenvalue weighted by Crippen LogP contribution is -2.36. The number of esters is 1. The molecule has 2 aliphatic rings. The third-order valence-corrected chi connectivity index (χ3v) is 12.4. The summed E-state index contributed by atoms with van der Waals surface area (Å²) in [5.74, 6) is -0.0262. The Balaban J connectivity index is 1.79. The first-order chi connectivity index (χ1) is 27.4. The predicted molar refractivity (Wildman–Crippen MR) is 250 cm³/mol. The van der Waals surface area contributed by atoms with Gasteiger partial charge in [-0.3, -0.25) is 9.59 Å². The number of hydrogen-bond donors (Lipinski definition) is 1. The third kappa shape index (κ3) is 18.6. The summed E-state index contributed by atoms with van der Waals surface area (Å²) >= 11 is 0. The summed E-state index contributed by atoms with van der Waals surface area (Å²) in [4.78, 5) is 26.3. The van der Waals surface area contributed by atoms with Crippen LogP contribution in [0, 0.1) is 16.2 Å². The van der Waals surface area contributed by atoms with Crippen molar-refractivity contribution in [1.82, 2.24) is 0 Å². The minimum Gasteiger partial charge on any atom is -0.462 e. The molecule has 0 radical (unpaired) electrons. The van der Waals surface area contributed by atoms with Gasteiger partial charge in [-0.05, 0) is 89.2 Å². The van der Waals surface area contributed by atoms with Gasteiger partial charge in [0, 0.05) is 11.8 Å². The highest BCUT2D eigenvalue weighted by Gasteiger charge is 2.54. The summed E-state index contributed by atoms with van der Waals surface area (Å²) in [7, 11) is 0. The van der Waals surface area contributed by atoms with Crippen LogP contribution in [-0.4, -0.2) is 29.1 Å². The molecule has 0 amide bonds. The summed E-state index contributed by atoms with van der Waals surface area (Å²) in [6, 6.07) is 0. The second kappa shape index (κ2) is 25.9. The smallest absolute Gasteiger partial charge is 0.306 e. The van der Waals surface area contributed by atoms with E-state index in [-0.39, 0.29) is 34.8 Å². The highest BCUT2D eigenvalue weighted by Crippen LogP contribution is 2.54. The van der Waals surface area contributed by atoms with E-state index in [1.165, 1.54) is 74.5 Å². The van der Waals surface area contributed by atoms with Crippen molar-refractivity contribution in [2.24, 2.45) is 16.2 Å². The second-order valence-corrected chi connectivity index (χ2v) is 18.9. The lowest BCUT2D eigenvalue weighted by atomic mass is 9.66. The van der Waals surface area contributed by atoms with Gasteiger partial charge in [-0.25, -0.2) is 0 Å². The van der Waals surface area contributed by atoms with Crippen molar-refractivity contribution in [3.8, 4) is 0 Å². The average molecular weight is 795 g/mol. The highest BCUT2D eigenvalue weighted by molar-refractivity contribution is 5.96. The lowest BCUT2D eigenvalue weighted by Gasteiger charge is -2.35. The van der Waals surface area contributed by atoms with Crippen molar-refractivity contribution in [2.45, 2.75) is 191 Å². The molecule has 0 aromatic rings. The van der Waals surface area contributed by atoms with Crippen LogP contribution >= 0.6 is 0 Å². The van der Waals surface area contributed by atoms with Crippen molar-refractivity contribution in [3.05, 3.63) is 119 Å². The van der Waals surface area contributed by atoms with Crippen LogP contribution in [0.15, 0.2) is 119 Å². The zero-order valence-corrected chi connectivity index (χ0v) is 38.7. The molecule has 0 saturated heterocycles. The topological polar surface area (TPSA) is 63.6 Å². The number of allylic oxidation sites excluding steroid dienone is 19. The van der Waals surface area contributed by atoms with E-state index in [2.05, 4.69) is 111 Å². The Hall–Kier alpha value is -3.50. The average Bonchev–Trinajstić information content (AvgIpc) is 3.37. The molecule has 0 aromatic carbocycles. The van der Waals surface area contributed by atoms with Crippen LogP contribution in [0.1, 0.15) is 179 Å². The van der Waals surface area contributed by atoms with E-state index in [4.69, 9.17) is 4.74 Å². The maximum absolute atomic E-state index is 13.6. The number of hydrogen-bond acceptors (Lipinski definition) is 4. The molecule has 2 rings (SSSR count). The lowest BCUT2D eigenvalue weighted by molar-refractivity contribution is -0.149.